The molecule has 0 aliphatic carbocycles. The van der Waals surface area contributed by atoms with Crippen LogP contribution in [0.2, 0.25) is 0 Å². The summed E-state index contributed by atoms with van der Waals surface area (Å²) in [6.45, 7) is 5.19. The van der Waals surface area contributed by atoms with E-state index in [0.717, 1.165) is 32.0 Å². The smallest absolute Gasteiger partial charge is 0.256 e. The van der Waals surface area contributed by atoms with Gasteiger partial charge in [0.25, 0.3) is 5.78 Å². The first-order valence-corrected chi connectivity index (χ1v) is 8.94. The number of rotatable bonds is 4. The lowest BCUT2D eigenvalue weighted by molar-refractivity contribution is -0.120. The van der Waals surface area contributed by atoms with Crippen LogP contribution in [-0.2, 0) is 4.79 Å². The Labute approximate surface area is 148 Å². The third-order valence-electron chi connectivity index (χ3n) is 4.42. The molecule has 1 unspecified atom stereocenters. The maximum Gasteiger partial charge on any atom is 0.256 e. The molecule has 1 amide bonds. The van der Waals surface area contributed by atoms with Crippen molar-refractivity contribution in [1.29, 1.82) is 0 Å². The Hall–Kier alpha value is -2.59. The second-order valence-electron chi connectivity index (χ2n) is 5.83. The number of carbonyl (C=O) groups excluding carboxylic acids is 1. The van der Waals surface area contributed by atoms with Crippen molar-refractivity contribution in [1.82, 2.24) is 29.5 Å². The van der Waals surface area contributed by atoms with Crippen LogP contribution in [0, 0.1) is 0 Å². The molecule has 0 saturated carbocycles. The number of piperazine rings is 1. The minimum Gasteiger partial charge on any atom is -0.355 e. The van der Waals surface area contributed by atoms with Gasteiger partial charge in [-0.25, -0.2) is 9.97 Å². The van der Waals surface area contributed by atoms with Crippen molar-refractivity contribution in [2.75, 3.05) is 36.4 Å². The molecule has 1 aliphatic heterocycles. The minimum absolute atomic E-state index is 0.0199. The van der Waals surface area contributed by atoms with Crippen LogP contribution in [0.15, 0.2) is 30.2 Å². The number of hydrogen-bond acceptors (Lipinski definition) is 8. The van der Waals surface area contributed by atoms with Crippen LogP contribution >= 0.6 is 11.3 Å². The topological polar surface area (TPSA) is 91.5 Å². The van der Waals surface area contributed by atoms with Gasteiger partial charge in [0.15, 0.2) is 5.13 Å². The number of nitrogens with one attached hydrogen (secondary N) is 1. The maximum absolute atomic E-state index is 12.4. The molecule has 1 saturated heterocycles. The molecule has 9 nitrogen and oxygen atoms in total. The van der Waals surface area contributed by atoms with Gasteiger partial charge < -0.3 is 10.2 Å². The van der Waals surface area contributed by atoms with E-state index in [0.29, 0.717) is 10.9 Å². The third kappa shape index (κ3) is 3.17. The summed E-state index contributed by atoms with van der Waals surface area (Å²) in [6.07, 6.45) is 5.11. The molecule has 130 valence electrons. The lowest BCUT2D eigenvalue weighted by atomic mass is 10.2. The van der Waals surface area contributed by atoms with Gasteiger partial charge in [-0.05, 0) is 13.0 Å². The summed E-state index contributed by atoms with van der Waals surface area (Å²) in [5.74, 6) is 1.60. The number of aromatic nitrogens is 5. The zero-order valence-electron chi connectivity index (χ0n) is 13.7. The predicted molar refractivity (Wildman–Crippen MR) is 94.8 cm³/mol. The SMILES string of the molecule is CC(C(=O)Nc1nccs1)N1CCN(c2ccnc3nncn23)CC1. The van der Waals surface area contributed by atoms with E-state index < -0.39 is 0 Å². The normalized spacial score (nSPS) is 16.9. The highest BCUT2D eigenvalue weighted by atomic mass is 32.1. The standard InChI is InChI=1S/C15H18N8OS/c1-11(13(24)19-15-17-4-9-25-15)21-5-7-22(8-6-21)12-2-3-16-14-20-18-10-23(12)14/h2-4,9-11H,5-8H2,1H3,(H,17,19,24). The fourth-order valence-electron chi connectivity index (χ4n) is 2.99. The van der Waals surface area contributed by atoms with E-state index in [1.165, 1.54) is 11.3 Å². The molecule has 0 aromatic carbocycles. The fourth-order valence-corrected chi connectivity index (χ4v) is 3.52. The molecule has 0 bridgehead atoms. The van der Waals surface area contributed by atoms with E-state index in [1.807, 2.05) is 22.8 Å². The monoisotopic (exact) mass is 358 g/mol. The highest BCUT2D eigenvalue weighted by Crippen LogP contribution is 2.18. The van der Waals surface area contributed by atoms with Gasteiger partial charge in [-0.15, -0.1) is 21.5 Å². The Kier molecular flexibility index (Phi) is 4.28. The van der Waals surface area contributed by atoms with Crippen molar-refractivity contribution in [3.05, 3.63) is 30.2 Å². The van der Waals surface area contributed by atoms with Crippen molar-refractivity contribution >= 4 is 34.0 Å². The first kappa shape index (κ1) is 15.9. The average molecular weight is 358 g/mol. The molecular formula is C15H18N8OS. The number of carbonyl (C=O) groups is 1. The van der Waals surface area contributed by atoms with E-state index in [4.69, 9.17) is 0 Å². The van der Waals surface area contributed by atoms with Gasteiger partial charge in [0.05, 0.1) is 6.04 Å². The van der Waals surface area contributed by atoms with Gasteiger partial charge >= 0.3 is 0 Å². The van der Waals surface area contributed by atoms with Crippen molar-refractivity contribution in [3.8, 4) is 0 Å². The zero-order valence-corrected chi connectivity index (χ0v) is 14.6. The quantitative estimate of drug-likeness (QED) is 0.735. The summed E-state index contributed by atoms with van der Waals surface area (Å²) in [7, 11) is 0. The van der Waals surface area contributed by atoms with Crippen LogP contribution in [0.4, 0.5) is 10.9 Å². The van der Waals surface area contributed by atoms with Gasteiger partial charge in [0.1, 0.15) is 12.1 Å². The zero-order chi connectivity index (χ0) is 17.2. The molecule has 4 heterocycles. The molecule has 10 heteroatoms. The van der Waals surface area contributed by atoms with Crippen molar-refractivity contribution in [2.45, 2.75) is 13.0 Å². The second-order valence-corrected chi connectivity index (χ2v) is 6.72. The highest BCUT2D eigenvalue weighted by Gasteiger charge is 2.26. The molecule has 0 radical (unpaired) electrons. The molecule has 1 N–H and O–H groups in total. The van der Waals surface area contributed by atoms with Gasteiger partial charge in [0, 0.05) is 44.0 Å². The van der Waals surface area contributed by atoms with Gasteiger partial charge in [-0.1, -0.05) is 0 Å². The number of fused-ring (bicyclic) bond motifs is 1. The Morgan fingerprint density at radius 2 is 2.08 bits per heavy atom. The van der Waals surface area contributed by atoms with Crippen LogP contribution < -0.4 is 10.2 Å². The molecule has 3 aromatic heterocycles. The average Bonchev–Trinajstić information content (AvgIpc) is 3.32. The molecular weight excluding hydrogens is 340 g/mol. The summed E-state index contributed by atoms with van der Waals surface area (Å²) in [4.78, 5) is 25.1. The van der Waals surface area contributed by atoms with Gasteiger partial charge in [-0.2, -0.15) is 0 Å². The van der Waals surface area contributed by atoms with Crippen molar-refractivity contribution < 1.29 is 4.79 Å². The molecule has 0 spiro atoms. The summed E-state index contributed by atoms with van der Waals surface area (Å²) in [6, 6.07) is 1.77. The van der Waals surface area contributed by atoms with E-state index in [-0.39, 0.29) is 11.9 Å². The Balaban J connectivity index is 1.39. The molecule has 1 fully saturated rings. The number of hydrogen-bond donors (Lipinski definition) is 1. The summed E-state index contributed by atoms with van der Waals surface area (Å²) < 4.78 is 1.88. The number of amides is 1. The van der Waals surface area contributed by atoms with Crippen molar-refractivity contribution in [3.63, 3.8) is 0 Å². The number of thiazole rings is 1. The fraction of sp³-hybridized carbons (Fsp3) is 0.400. The number of anilines is 2. The Morgan fingerprint density at radius 3 is 2.84 bits per heavy atom. The van der Waals surface area contributed by atoms with Crippen LogP contribution in [0.1, 0.15) is 6.92 Å². The van der Waals surface area contributed by atoms with E-state index in [9.17, 15) is 4.79 Å². The minimum atomic E-state index is -0.196. The van der Waals surface area contributed by atoms with E-state index in [2.05, 4.69) is 35.3 Å². The number of nitrogens with zero attached hydrogens (tertiary/aromatic N) is 7. The third-order valence-corrected chi connectivity index (χ3v) is 5.11. The Morgan fingerprint density at radius 1 is 1.24 bits per heavy atom. The first-order chi connectivity index (χ1) is 12.2. The van der Waals surface area contributed by atoms with Gasteiger partial charge in [-0.3, -0.25) is 14.1 Å². The highest BCUT2D eigenvalue weighted by molar-refractivity contribution is 7.13. The maximum atomic E-state index is 12.4. The first-order valence-electron chi connectivity index (χ1n) is 8.06. The van der Waals surface area contributed by atoms with Gasteiger partial charge in [0.2, 0.25) is 5.91 Å². The second kappa shape index (κ2) is 6.73. The predicted octanol–water partition coefficient (Wildman–Crippen LogP) is 0.730. The van der Waals surface area contributed by atoms with E-state index in [1.54, 1.807) is 18.7 Å². The van der Waals surface area contributed by atoms with E-state index >= 15 is 0 Å². The molecule has 1 aliphatic rings. The lowest BCUT2D eigenvalue weighted by Gasteiger charge is -2.38. The van der Waals surface area contributed by atoms with Crippen LogP contribution in [0.25, 0.3) is 5.78 Å². The van der Waals surface area contributed by atoms with Crippen LogP contribution in [0.3, 0.4) is 0 Å². The Bertz CT molecular complexity index is 855. The summed E-state index contributed by atoms with van der Waals surface area (Å²) in [5, 5.41) is 13.3. The molecule has 1 atom stereocenters. The van der Waals surface area contributed by atoms with Crippen molar-refractivity contribution in [2.24, 2.45) is 0 Å². The largest absolute Gasteiger partial charge is 0.355 e. The van der Waals surface area contributed by atoms with Crippen LogP contribution in [0.5, 0.6) is 0 Å². The molecule has 25 heavy (non-hydrogen) atoms. The summed E-state index contributed by atoms with van der Waals surface area (Å²) in [5.41, 5.74) is 0. The summed E-state index contributed by atoms with van der Waals surface area (Å²) >= 11 is 1.42. The van der Waals surface area contributed by atoms with Crippen LogP contribution in [-0.4, -0.2) is 67.6 Å². The molecule has 4 rings (SSSR count). The lowest BCUT2D eigenvalue weighted by Crippen LogP contribution is -2.53. The molecule has 3 aromatic rings.